The minimum absolute atomic E-state index is 0.0475. The van der Waals surface area contributed by atoms with Crippen molar-refractivity contribution in [3.05, 3.63) is 112 Å². The van der Waals surface area contributed by atoms with Gasteiger partial charge in [-0.15, -0.1) is 5.10 Å². The number of hydrogen-bond donors (Lipinski definition) is 3. The zero-order valence-corrected chi connectivity index (χ0v) is 26.5. The summed E-state index contributed by atoms with van der Waals surface area (Å²) in [5, 5.41) is 12.0. The summed E-state index contributed by atoms with van der Waals surface area (Å²) < 4.78 is 4.86. The number of likely N-dealkylation sites (tertiary alicyclic amines) is 1. The maximum Gasteiger partial charge on any atom is 0.267 e. The van der Waals surface area contributed by atoms with Gasteiger partial charge < -0.3 is 21.7 Å². The molecule has 0 spiro atoms. The quantitative estimate of drug-likeness (QED) is 0.222. The number of nitrogens with zero attached hydrogens (tertiary/aromatic N) is 8. The van der Waals surface area contributed by atoms with Gasteiger partial charge in [-0.1, -0.05) is 36.1 Å². The number of nitrogens with two attached hydrogens (primary N) is 2. The monoisotopic (exact) mass is 641 g/mol. The third-order valence-corrected chi connectivity index (χ3v) is 8.57. The number of fused-ring (bicyclic) bond motifs is 2. The number of carbonyl (C=O) groups excluding carboxylic acids is 1. The van der Waals surface area contributed by atoms with E-state index in [1.807, 2.05) is 53.3 Å². The molecule has 6 aromatic rings. The number of nitrogens with one attached hydrogen (secondary N) is 1. The van der Waals surface area contributed by atoms with Crippen LogP contribution in [0, 0.1) is 11.8 Å². The molecular weight excluding hydrogens is 606 g/mol. The van der Waals surface area contributed by atoms with Gasteiger partial charge in [-0.05, 0) is 63.2 Å². The number of hydrogen-bond acceptors (Lipinski definition) is 9. The molecule has 0 saturated carbocycles. The third kappa shape index (κ3) is 6.14. The number of para-hydroxylation sites is 1. The van der Waals surface area contributed by atoms with E-state index in [-0.39, 0.29) is 16.9 Å². The highest BCUT2D eigenvalue weighted by molar-refractivity contribution is 6.04. The van der Waals surface area contributed by atoms with E-state index in [4.69, 9.17) is 16.5 Å². The Bertz CT molecular complexity index is 2240. The van der Waals surface area contributed by atoms with Crippen LogP contribution in [0.4, 0.5) is 5.82 Å². The van der Waals surface area contributed by atoms with Gasteiger partial charge in [0, 0.05) is 36.7 Å². The SMILES string of the molecule is CC(NC(=O)c1c(N)nn2cccnc12)c1nc2cccc(C#Cc3cnn(CCN4CCC(N)CC4)c3)c2c(=O)n1-c1ccccc1. The van der Waals surface area contributed by atoms with Crippen molar-refractivity contribution < 1.29 is 4.79 Å². The average molecular weight is 642 g/mol. The molecular formula is C35H35N11O2. The van der Waals surface area contributed by atoms with E-state index in [1.165, 1.54) is 9.08 Å². The minimum atomic E-state index is -0.699. The predicted octanol–water partition coefficient (Wildman–Crippen LogP) is 2.52. The Kier molecular flexibility index (Phi) is 8.41. The van der Waals surface area contributed by atoms with Crippen LogP contribution in [0.2, 0.25) is 0 Å². The van der Waals surface area contributed by atoms with Gasteiger partial charge in [0.1, 0.15) is 11.4 Å². The molecule has 1 aliphatic heterocycles. The van der Waals surface area contributed by atoms with Gasteiger partial charge in [-0.3, -0.25) is 18.8 Å². The number of benzene rings is 2. The van der Waals surface area contributed by atoms with Gasteiger partial charge in [-0.2, -0.15) is 5.10 Å². The van der Waals surface area contributed by atoms with Crippen molar-refractivity contribution in [2.24, 2.45) is 5.73 Å². The van der Waals surface area contributed by atoms with Crippen LogP contribution in [0.5, 0.6) is 0 Å². The molecule has 13 heteroatoms. The number of amides is 1. The molecule has 1 atom stereocenters. The summed E-state index contributed by atoms with van der Waals surface area (Å²) in [4.78, 5) is 39.4. The second kappa shape index (κ2) is 13.1. The largest absolute Gasteiger partial charge is 0.381 e. The summed E-state index contributed by atoms with van der Waals surface area (Å²) in [6.45, 7) is 5.44. The van der Waals surface area contributed by atoms with Crippen molar-refractivity contribution in [3.63, 3.8) is 0 Å². The lowest BCUT2D eigenvalue weighted by molar-refractivity contribution is 0.0940. The molecule has 1 aliphatic rings. The molecule has 5 heterocycles. The number of carbonyl (C=O) groups is 1. The van der Waals surface area contributed by atoms with Crippen molar-refractivity contribution in [3.8, 4) is 17.5 Å². The Morgan fingerprint density at radius 3 is 2.69 bits per heavy atom. The van der Waals surface area contributed by atoms with E-state index >= 15 is 0 Å². The van der Waals surface area contributed by atoms with Crippen LogP contribution in [0.25, 0.3) is 22.2 Å². The highest BCUT2D eigenvalue weighted by Crippen LogP contribution is 2.22. The van der Waals surface area contributed by atoms with Crippen LogP contribution in [0.3, 0.4) is 0 Å². The molecule has 5 N–H and O–H groups in total. The second-order valence-electron chi connectivity index (χ2n) is 11.9. The van der Waals surface area contributed by atoms with Gasteiger partial charge in [-0.25, -0.2) is 14.5 Å². The highest BCUT2D eigenvalue weighted by atomic mass is 16.2. The van der Waals surface area contributed by atoms with Crippen molar-refractivity contribution in [1.29, 1.82) is 0 Å². The Labute approximate surface area is 276 Å². The van der Waals surface area contributed by atoms with Gasteiger partial charge in [0.15, 0.2) is 11.5 Å². The highest BCUT2D eigenvalue weighted by Gasteiger charge is 2.25. The third-order valence-electron chi connectivity index (χ3n) is 8.57. The van der Waals surface area contributed by atoms with Gasteiger partial charge in [0.05, 0.1) is 40.9 Å². The molecule has 7 rings (SSSR count). The zero-order chi connectivity index (χ0) is 33.2. The molecule has 1 unspecified atom stereocenters. The Hall–Kier alpha value is -5.84. The van der Waals surface area contributed by atoms with E-state index in [9.17, 15) is 9.59 Å². The van der Waals surface area contributed by atoms with Crippen LogP contribution >= 0.6 is 0 Å². The number of rotatable bonds is 7. The Morgan fingerprint density at radius 1 is 1.06 bits per heavy atom. The first kappa shape index (κ1) is 30.8. The lowest BCUT2D eigenvalue weighted by Gasteiger charge is -2.29. The van der Waals surface area contributed by atoms with E-state index < -0.39 is 11.9 Å². The van der Waals surface area contributed by atoms with Gasteiger partial charge in [0.2, 0.25) is 0 Å². The van der Waals surface area contributed by atoms with E-state index in [0.717, 1.165) is 44.6 Å². The summed E-state index contributed by atoms with van der Waals surface area (Å²) in [6.07, 6.45) is 8.92. The predicted molar refractivity (Wildman–Crippen MR) is 182 cm³/mol. The van der Waals surface area contributed by atoms with E-state index in [1.54, 1.807) is 37.6 Å². The van der Waals surface area contributed by atoms with Crippen molar-refractivity contribution in [2.75, 3.05) is 25.4 Å². The summed E-state index contributed by atoms with van der Waals surface area (Å²) in [5.74, 6) is 6.28. The summed E-state index contributed by atoms with van der Waals surface area (Å²) >= 11 is 0. The summed E-state index contributed by atoms with van der Waals surface area (Å²) in [7, 11) is 0. The van der Waals surface area contributed by atoms with Crippen LogP contribution < -0.4 is 22.3 Å². The first-order chi connectivity index (χ1) is 23.4. The first-order valence-corrected chi connectivity index (χ1v) is 15.9. The number of nitrogen functional groups attached to an aromatic ring is 1. The van der Waals surface area contributed by atoms with Crippen molar-refractivity contribution >= 4 is 28.3 Å². The van der Waals surface area contributed by atoms with Gasteiger partial charge in [0.25, 0.3) is 11.5 Å². The molecule has 0 bridgehead atoms. The smallest absolute Gasteiger partial charge is 0.267 e. The molecule has 242 valence electrons. The van der Waals surface area contributed by atoms with Gasteiger partial charge >= 0.3 is 0 Å². The lowest BCUT2D eigenvalue weighted by atomic mass is 10.1. The molecule has 4 aromatic heterocycles. The number of piperidine rings is 1. The Morgan fingerprint density at radius 2 is 1.88 bits per heavy atom. The fourth-order valence-electron chi connectivity index (χ4n) is 6.03. The van der Waals surface area contributed by atoms with Crippen LogP contribution in [0.15, 0.2) is 84.2 Å². The van der Waals surface area contributed by atoms with Crippen LogP contribution in [-0.4, -0.2) is 70.4 Å². The maximum atomic E-state index is 14.4. The first-order valence-electron chi connectivity index (χ1n) is 15.9. The van der Waals surface area contributed by atoms with Crippen molar-refractivity contribution in [2.45, 2.75) is 38.4 Å². The fourth-order valence-corrected chi connectivity index (χ4v) is 6.03. The van der Waals surface area contributed by atoms with Crippen LogP contribution in [0.1, 0.15) is 53.1 Å². The number of anilines is 1. The van der Waals surface area contributed by atoms with Crippen LogP contribution in [-0.2, 0) is 6.54 Å². The normalized spacial score (nSPS) is 14.5. The van der Waals surface area contributed by atoms with Crippen molar-refractivity contribution in [1.82, 2.24) is 44.1 Å². The lowest BCUT2D eigenvalue weighted by Crippen LogP contribution is -2.40. The summed E-state index contributed by atoms with van der Waals surface area (Å²) in [5.41, 5.74) is 14.7. The van der Waals surface area contributed by atoms with E-state index in [0.29, 0.717) is 39.7 Å². The topological polar surface area (TPSA) is 167 Å². The maximum absolute atomic E-state index is 14.4. The summed E-state index contributed by atoms with van der Waals surface area (Å²) in [6, 6.07) is 15.9. The second-order valence-corrected chi connectivity index (χ2v) is 11.9. The molecule has 2 aromatic carbocycles. The standard InChI is InChI=1S/C35H35N11O2/c1-23(40-34(47)30-31(37)42-45-16-6-15-38-33(30)45)32-41-28-10-5-7-25(29(28)35(48)46(32)27-8-3-2-4-9-27)12-11-24-21-39-44(22-24)20-19-43-17-13-26(36)14-18-43/h2-10,15-16,21-23,26H,13-14,17-20,36H2,1H3,(H2,37,42)(H,40,47). The Balaban J connectivity index is 1.20. The fraction of sp³-hybridized carbons (Fsp3) is 0.257. The molecule has 13 nitrogen and oxygen atoms in total. The molecule has 0 radical (unpaired) electrons. The molecule has 1 amide bonds. The minimum Gasteiger partial charge on any atom is -0.381 e. The molecule has 1 saturated heterocycles. The number of aromatic nitrogens is 7. The average Bonchev–Trinajstić information content (AvgIpc) is 3.70. The molecule has 48 heavy (non-hydrogen) atoms. The van der Waals surface area contributed by atoms with E-state index in [2.05, 4.69) is 37.2 Å². The molecule has 1 fully saturated rings. The molecule has 0 aliphatic carbocycles. The zero-order valence-electron chi connectivity index (χ0n) is 26.5.